The van der Waals surface area contributed by atoms with Crippen LogP contribution in [0.1, 0.15) is 12.5 Å². The zero-order valence-electron chi connectivity index (χ0n) is 15.0. The highest BCUT2D eigenvalue weighted by molar-refractivity contribution is 7.92. The second kappa shape index (κ2) is 7.97. The second-order valence-corrected chi connectivity index (χ2v) is 8.15. The minimum Gasteiger partial charge on any atom is -0.495 e. The molecule has 2 rings (SSSR count). The topological polar surface area (TPSA) is 75.7 Å². The number of hydrogen-bond donors (Lipinski definition) is 1. The van der Waals surface area contributed by atoms with Crippen molar-refractivity contribution in [3.05, 3.63) is 53.1 Å². The number of nitrogens with zero attached hydrogens (tertiary/aromatic N) is 1. The Morgan fingerprint density at radius 2 is 1.88 bits per heavy atom. The first-order chi connectivity index (χ1) is 12.1. The fraction of sp³-hybridized carbons (Fsp3) is 0.278. The van der Waals surface area contributed by atoms with Crippen molar-refractivity contribution in [2.75, 3.05) is 23.0 Å². The predicted molar refractivity (Wildman–Crippen MR) is 105 cm³/mol. The summed E-state index contributed by atoms with van der Waals surface area (Å²) in [5.41, 5.74) is 1.70. The first kappa shape index (κ1) is 20.1. The molecule has 0 aliphatic rings. The lowest BCUT2D eigenvalue weighted by molar-refractivity contribution is -0.116. The first-order valence-corrected chi connectivity index (χ1v) is 10.1. The minimum atomic E-state index is -3.78. The number of rotatable bonds is 6. The number of ether oxygens (including phenoxy) is 1. The molecule has 140 valence electrons. The van der Waals surface area contributed by atoms with Crippen molar-refractivity contribution in [3.8, 4) is 5.75 Å². The van der Waals surface area contributed by atoms with Crippen LogP contribution in [0, 0.1) is 6.92 Å². The van der Waals surface area contributed by atoms with Crippen molar-refractivity contribution in [2.24, 2.45) is 0 Å². The van der Waals surface area contributed by atoms with Crippen LogP contribution in [0.2, 0.25) is 5.02 Å². The van der Waals surface area contributed by atoms with E-state index in [1.807, 2.05) is 19.1 Å². The molecular formula is C18H21ClN2O4S. The van der Waals surface area contributed by atoms with Gasteiger partial charge < -0.3 is 10.1 Å². The molecular weight excluding hydrogens is 376 g/mol. The quantitative estimate of drug-likeness (QED) is 0.811. The van der Waals surface area contributed by atoms with Crippen molar-refractivity contribution in [1.29, 1.82) is 0 Å². The Morgan fingerprint density at radius 3 is 2.46 bits per heavy atom. The molecule has 0 saturated heterocycles. The number of sulfonamides is 1. The normalized spacial score (nSPS) is 12.3. The third kappa shape index (κ3) is 4.47. The van der Waals surface area contributed by atoms with Crippen LogP contribution in [0.15, 0.2) is 42.5 Å². The van der Waals surface area contributed by atoms with E-state index in [-0.39, 0.29) is 5.69 Å². The van der Waals surface area contributed by atoms with E-state index in [1.165, 1.54) is 20.1 Å². The molecule has 0 radical (unpaired) electrons. The van der Waals surface area contributed by atoms with Crippen molar-refractivity contribution in [3.63, 3.8) is 0 Å². The summed E-state index contributed by atoms with van der Waals surface area (Å²) in [6, 6.07) is 10.8. The summed E-state index contributed by atoms with van der Waals surface area (Å²) in [4.78, 5) is 12.7. The van der Waals surface area contributed by atoms with Crippen LogP contribution >= 0.6 is 11.6 Å². The van der Waals surface area contributed by atoms with Gasteiger partial charge in [0.2, 0.25) is 15.9 Å². The highest BCUT2D eigenvalue weighted by atomic mass is 35.5. The summed E-state index contributed by atoms with van der Waals surface area (Å²) < 4.78 is 31.1. The molecule has 26 heavy (non-hydrogen) atoms. The number of halogens is 1. The lowest BCUT2D eigenvalue weighted by atomic mass is 10.2. The van der Waals surface area contributed by atoms with E-state index in [4.69, 9.17) is 16.3 Å². The Morgan fingerprint density at radius 1 is 1.23 bits per heavy atom. The lowest BCUT2D eigenvalue weighted by Gasteiger charge is -2.29. The summed E-state index contributed by atoms with van der Waals surface area (Å²) >= 11 is 6.03. The molecule has 0 heterocycles. The van der Waals surface area contributed by atoms with E-state index in [2.05, 4.69) is 5.32 Å². The van der Waals surface area contributed by atoms with Gasteiger partial charge in [0, 0.05) is 10.7 Å². The zero-order valence-corrected chi connectivity index (χ0v) is 16.6. The monoisotopic (exact) mass is 396 g/mol. The fourth-order valence-electron chi connectivity index (χ4n) is 2.57. The Hall–Kier alpha value is -2.25. The minimum absolute atomic E-state index is 0.204. The van der Waals surface area contributed by atoms with Crippen molar-refractivity contribution >= 4 is 38.9 Å². The molecule has 0 bridgehead atoms. The number of amides is 1. The average Bonchev–Trinajstić information content (AvgIpc) is 2.56. The number of carbonyl (C=O) groups is 1. The van der Waals surface area contributed by atoms with Gasteiger partial charge >= 0.3 is 0 Å². The van der Waals surface area contributed by atoms with Crippen molar-refractivity contribution in [1.82, 2.24) is 0 Å². The van der Waals surface area contributed by atoms with Crippen LogP contribution < -0.4 is 14.4 Å². The van der Waals surface area contributed by atoms with Gasteiger partial charge in [0.1, 0.15) is 11.8 Å². The molecule has 2 aromatic carbocycles. The number of anilines is 2. The largest absolute Gasteiger partial charge is 0.495 e. The number of para-hydroxylation sites is 1. The van der Waals surface area contributed by atoms with Crippen LogP contribution in [0.3, 0.4) is 0 Å². The van der Waals surface area contributed by atoms with Crippen molar-refractivity contribution < 1.29 is 17.9 Å². The Labute approximate surface area is 158 Å². The van der Waals surface area contributed by atoms with E-state index in [1.54, 1.807) is 24.3 Å². The molecule has 0 fully saturated rings. The molecule has 0 aliphatic carbocycles. The molecule has 2 aromatic rings. The molecule has 0 unspecified atom stereocenters. The van der Waals surface area contributed by atoms with Crippen LogP contribution in [0.5, 0.6) is 5.75 Å². The van der Waals surface area contributed by atoms with Crippen LogP contribution in [-0.4, -0.2) is 33.7 Å². The van der Waals surface area contributed by atoms with Gasteiger partial charge in [-0.2, -0.15) is 0 Å². The van der Waals surface area contributed by atoms with Gasteiger partial charge in [-0.1, -0.05) is 29.8 Å². The lowest BCUT2D eigenvalue weighted by Crippen LogP contribution is -2.45. The maximum absolute atomic E-state index is 12.7. The summed E-state index contributed by atoms with van der Waals surface area (Å²) in [7, 11) is -2.36. The standard InChI is InChI=1S/C18H21ClN2O4S/c1-12-7-5-6-8-15(12)20-18(22)13(2)21(26(4,23)24)16-11-14(19)9-10-17(16)25-3/h5-11,13H,1-4H3,(H,20,22)/t13-/m1/s1. The second-order valence-electron chi connectivity index (χ2n) is 5.86. The van der Waals surface area contributed by atoms with Crippen LogP contribution in [0.25, 0.3) is 0 Å². The zero-order chi connectivity index (χ0) is 19.5. The SMILES string of the molecule is COc1ccc(Cl)cc1N([C@H](C)C(=O)Nc1ccccc1C)S(C)(=O)=O. The van der Waals surface area contributed by atoms with Crippen LogP contribution in [-0.2, 0) is 14.8 Å². The molecule has 1 atom stereocenters. The molecule has 1 N–H and O–H groups in total. The van der Waals surface area contributed by atoms with E-state index in [9.17, 15) is 13.2 Å². The summed E-state index contributed by atoms with van der Waals surface area (Å²) in [6.45, 7) is 3.36. The molecule has 8 heteroatoms. The number of aryl methyl sites for hydroxylation is 1. The van der Waals surface area contributed by atoms with E-state index < -0.39 is 22.0 Å². The third-order valence-electron chi connectivity index (χ3n) is 3.87. The smallest absolute Gasteiger partial charge is 0.248 e. The number of nitrogens with one attached hydrogen (secondary N) is 1. The Bertz CT molecular complexity index is 915. The average molecular weight is 397 g/mol. The summed E-state index contributed by atoms with van der Waals surface area (Å²) in [5, 5.41) is 3.10. The number of benzene rings is 2. The fourth-order valence-corrected chi connectivity index (χ4v) is 3.90. The Kier molecular flexibility index (Phi) is 6.15. The molecule has 0 aromatic heterocycles. The summed E-state index contributed by atoms with van der Waals surface area (Å²) in [5.74, 6) is -0.165. The maximum atomic E-state index is 12.7. The van der Waals surface area contributed by atoms with E-state index in [0.717, 1.165) is 16.1 Å². The van der Waals surface area contributed by atoms with Gasteiger partial charge in [-0.25, -0.2) is 8.42 Å². The Balaban J connectivity index is 2.43. The maximum Gasteiger partial charge on any atom is 0.248 e. The number of carbonyl (C=O) groups excluding carboxylic acids is 1. The summed E-state index contributed by atoms with van der Waals surface area (Å²) in [6.07, 6.45) is 1.03. The highest BCUT2D eigenvalue weighted by Gasteiger charge is 2.31. The van der Waals surface area contributed by atoms with Gasteiger partial charge in [0.15, 0.2) is 0 Å². The molecule has 1 amide bonds. The highest BCUT2D eigenvalue weighted by Crippen LogP contribution is 2.34. The van der Waals surface area contributed by atoms with Gasteiger partial charge in [-0.3, -0.25) is 9.10 Å². The molecule has 6 nitrogen and oxygen atoms in total. The van der Waals surface area contributed by atoms with Gasteiger partial charge in [0.25, 0.3) is 0 Å². The third-order valence-corrected chi connectivity index (χ3v) is 5.33. The van der Waals surface area contributed by atoms with Gasteiger partial charge in [0.05, 0.1) is 19.1 Å². The van der Waals surface area contributed by atoms with Gasteiger partial charge in [-0.05, 0) is 43.7 Å². The number of methoxy groups -OCH3 is 1. The molecule has 0 saturated carbocycles. The molecule has 0 aliphatic heterocycles. The van der Waals surface area contributed by atoms with Crippen LogP contribution in [0.4, 0.5) is 11.4 Å². The van der Waals surface area contributed by atoms with Crippen molar-refractivity contribution in [2.45, 2.75) is 19.9 Å². The molecule has 0 spiro atoms. The number of hydrogen-bond acceptors (Lipinski definition) is 4. The predicted octanol–water partition coefficient (Wildman–Crippen LogP) is 3.45. The van der Waals surface area contributed by atoms with Gasteiger partial charge in [-0.15, -0.1) is 0 Å². The first-order valence-electron chi connectivity index (χ1n) is 7.84. The van der Waals surface area contributed by atoms with E-state index >= 15 is 0 Å². The van der Waals surface area contributed by atoms with E-state index in [0.29, 0.717) is 16.5 Å².